The number of hydrogen-bond donors (Lipinski definition) is 2. The Morgan fingerprint density at radius 3 is 2.58 bits per heavy atom. The lowest BCUT2D eigenvalue weighted by Crippen LogP contribution is -2.55. The van der Waals surface area contributed by atoms with Gasteiger partial charge in [-0.25, -0.2) is 0 Å². The fourth-order valence-electron chi connectivity index (χ4n) is 3.58. The van der Waals surface area contributed by atoms with Crippen LogP contribution in [-0.4, -0.2) is 43.6 Å². The van der Waals surface area contributed by atoms with Crippen LogP contribution in [-0.2, 0) is 4.79 Å². The molecular weight excluding hydrogens is 330 g/mol. The number of hydrogen-bond acceptors (Lipinski definition) is 4. The Bertz CT molecular complexity index is 602. The molecule has 1 saturated carbocycles. The van der Waals surface area contributed by atoms with Crippen molar-refractivity contribution in [3.8, 4) is 11.5 Å². The lowest BCUT2D eigenvalue weighted by atomic mass is 9.80. The number of para-hydroxylation sites is 2. The van der Waals surface area contributed by atoms with E-state index in [4.69, 9.17) is 14.9 Å². The van der Waals surface area contributed by atoms with Gasteiger partial charge in [0.1, 0.15) is 6.61 Å². The van der Waals surface area contributed by atoms with E-state index in [2.05, 4.69) is 12.2 Å². The van der Waals surface area contributed by atoms with Gasteiger partial charge in [-0.3, -0.25) is 15.1 Å². The quantitative estimate of drug-likeness (QED) is 0.423. The van der Waals surface area contributed by atoms with Crippen molar-refractivity contribution in [1.29, 1.82) is 5.41 Å². The highest BCUT2D eigenvalue weighted by Gasteiger charge is 2.31. The van der Waals surface area contributed by atoms with Crippen LogP contribution < -0.4 is 14.8 Å². The third-order valence-corrected chi connectivity index (χ3v) is 5.01. The summed E-state index contributed by atoms with van der Waals surface area (Å²) < 4.78 is 11.4. The molecule has 1 aliphatic rings. The van der Waals surface area contributed by atoms with Crippen molar-refractivity contribution < 1.29 is 14.3 Å². The van der Waals surface area contributed by atoms with Crippen molar-refractivity contribution in [2.75, 3.05) is 20.8 Å². The Morgan fingerprint density at radius 1 is 1.31 bits per heavy atom. The van der Waals surface area contributed by atoms with Crippen molar-refractivity contribution in [2.24, 2.45) is 5.92 Å². The maximum absolute atomic E-state index is 11.0. The second-order valence-corrected chi connectivity index (χ2v) is 7.40. The molecule has 1 aromatic carbocycles. The third-order valence-electron chi connectivity index (χ3n) is 5.01. The fourth-order valence-corrected chi connectivity index (χ4v) is 3.58. The molecule has 1 aromatic rings. The summed E-state index contributed by atoms with van der Waals surface area (Å²) >= 11 is 0. The van der Waals surface area contributed by atoms with Gasteiger partial charge in [0.2, 0.25) is 6.41 Å². The molecule has 2 N–H and O–H groups in total. The number of rotatable bonds is 8. The Kier molecular flexibility index (Phi) is 7.30. The number of benzene rings is 1. The smallest absolute Gasteiger partial charge is 0.216 e. The van der Waals surface area contributed by atoms with Crippen LogP contribution >= 0.6 is 0 Å². The molecule has 1 unspecified atom stereocenters. The standard InChI is InChI=1S/C20H31N3O3/c1-20(22-19(21)23(2)15-24,13-16-9-5-4-6-10-16)14-26-18-12-8-7-11-17(18)25-3/h7-8,11-12,15-16H,4-6,9-10,13-14H2,1-3H3,(H2,21,22). The van der Waals surface area contributed by atoms with Crippen LogP contribution in [0.4, 0.5) is 0 Å². The second-order valence-electron chi connectivity index (χ2n) is 7.40. The predicted molar refractivity (Wildman–Crippen MR) is 103 cm³/mol. The molecular formula is C20H31N3O3. The number of methoxy groups -OCH3 is 1. The van der Waals surface area contributed by atoms with E-state index < -0.39 is 5.54 Å². The summed E-state index contributed by atoms with van der Waals surface area (Å²) in [5.41, 5.74) is -0.447. The summed E-state index contributed by atoms with van der Waals surface area (Å²) in [4.78, 5) is 12.2. The normalized spacial score (nSPS) is 17.0. The zero-order valence-electron chi connectivity index (χ0n) is 16.1. The number of nitrogens with one attached hydrogen (secondary N) is 2. The van der Waals surface area contributed by atoms with Gasteiger partial charge in [0.15, 0.2) is 17.5 Å². The van der Waals surface area contributed by atoms with E-state index in [0.717, 1.165) is 6.42 Å². The van der Waals surface area contributed by atoms with Crippen molar-refractivity contribution >= 4 is 12.4 Å². The first-order chi connectivity index (χ1) is 12.5. The minimum atomic E-state index is -0.447. The second kappa shape index (κ2) is 9.46. The van der Waals surface area contributed by atoms with E-state index in [1.54, 1.807) is 14.2 Å². The first kappa shape index (κ1) is 20.1. The monoisotopic (exact) mass is 361 g/mol. The average Bonchev–Trinajstić information content (AvgIpc) is 2.66. The van der Waals surface area contributed by atoms with Gasteiger partial charge in [0, 0.05) is 7.05 Å². The Hall–Kier alpha value is -2.24. The molecule has 0 heterocycles. The van der Waals surface area contributed by atoms with Gasteiger partial charge in [-0.1, -0.05) is 44.2 Å². The number of guanidine groups is 1. The zero-order chi connectivity index (χ0) is 19.0. The molecule has 0 bridgehead atoms. The summed E-state index contributed by atoms with van der Waals surface area (Å²) in [5, 5.41) is 11.3. The summed E-state index contributed by atoms with van der Waals surface area (Å²) in [5.74, 6) is 2.06. The molecule has 2 rings (SSSR count). The Morgan fingerprint density at radius 2 is 1.96 bits per heavy atom. The van der Waals surface area contributed by atoms with E-state index in [0.29, 0.717) is 30.4 Å². The van der Waals surface area contributed by atoms with Crippen molar-refractivity contribution in [3.05, 3.63) is 24.3 Å². The van der Waals surface area contributed by atoms with Crippen LogP contribution in [0.2, 0.25) is 0 Å². The molecule has 144 valence electrons. The highest BCUT2D eigenvalue weighted by atomic mass is 16.5. The maximum Gasteiger partial charge on any atom is 0.216 e. The van der Waals surface area contributed by atoms with E-state index >= 15 is 0 Å². The van der Waals surface area contributed by atoms with Gasteiger partial charge in [-0.05, 0) is 31.4 Å². The number of ether oxygens (including phenoxy) is 2. The Balaban J connectivity index is 2.10. The van der Waals surface area contributed by atoms with E-state index in [1.807, 2.05) is 24.3 Å². The van der Waals surface area contributed by atoms with Crippen LogP contribution in [0.15, 0.2) is 24.3 Å². The van der Waals surface area contributed by atoms with Crippen LogP contribution in [0.3, 0.4) is 0 Å². The number of nitrogens with zero attached hydrogens (tertiary/aromatic N) is 1. The van der Waals surface area contributed by atoms with Crippen LogP contribution in [0.5, 0.6) is 11.5 Å². The summed E-state index contributed by atoms with van der Waals surface area (Å²) in [7, 11) is 3.20. The highest BCUT2D eigenvalue weighted by molar-refractivity contribution is 5.86. The molecule has 0 spiro atoms. The maximum atomic E-state index is 11.0. The molecule has 26 heavy (non-hydrogen) atoms. The first-order valence-electron chi connectivity index (χ1n) is 9.28. The van der Waals surface area contributed by atoms with Gasteiger partial charge in [0.25, 0.3) is 0 Å². The molecule has 1 atom stereocenters. The van der Waals surface area contributed by atoms with Gasteiger partial charge < -0.3 is 14.8 Å². The van der Waals surface area contributed by atoms with Gasteiger partial charge in [-0.2, -0.15) is 0 Å². The molecule has 1 amide bonds. The molecule has 0 radical (unpaired) electrons. The first-order valence-corrected chi connectivity index (χ1v) is 9.28. The number of amides is 1. The van der Waals surface area contributed by atoms with Crippen LogP contribution in [0.25, 0.3) is 0 Å². The van der Waals surface area contributed by atoms with Gasteiger partial charge in [0.05, 0.1) is 12.6 Å². The summed E-state index contributed by atoms with van der Waals surface area (Å²) in [6, 6.07) is 7.55. The van der Waals surface area contributed by atoms with E-state index in [9.17, 15) is 4.79 Å². The lowest BCUT2D eigenvalue weighted by molar-refractivity contribution is -0.114. The topological polar surface area (TPSA) is 74.7 Å². The molecule has 0 aliphatic heterocycles. The van der Waals surface area contributed by atoms with Gasteiger partial charge in [-0.15, -0.1) is 0 Å². The molecule has 0 saturated heterocycles. The SMILES string of the molecule is COc1ccccc1OCC(C)(CC1CCCCC1)NC(=N)N(C)C=O. The predicted octanol–water partition coefficient (Wildman–Crippen LogP) is 3.42. The van der Waals surface area contributed by atoms with E-state index in [1.165, 1.54) is 37.0 Å². The van der Waals surface area contributed by atoms with Crippen molar-refractivity contribution in [3.63, 3.8) is 0 Å². The highest BCUT2D eigenvalue weighted by Crippen LogP contribution is 2.32. The minimum absolute atomic E-state index is 0.0851. The molecule has 6 heteroatoms. The molecule has 6 nitrogen and oxygen atoms in total. The third kappa shape index (κ3) is 5.64. The molecule has 0 aromatic heterocycles. The lowest BCUT2D eigenvalue weighted by Gasteiger charge is -2.37. The van der Waals surface area contributed by atoms with Gasteiger partial charge >= 0.3 is 0 Å². The minimum Gasteiger partial charge on any atom is -0.493 e. The van der Waals surface area contributed by atoms with Crippen molar-refractivity contribution in [1.82, 2.24) is 10.2 Å². The van der Waals surface area contributed by atoms with Crippen LogP contribution in [0, 0.1) is 11.3 Å². The van der Waals surface area contributed by atoms with Crippen molar-refractivity contribution in [2.45, 2.75) is 51.0 Å². The summed E-state index contributed by atoms with van der Waals surface area (Å²) in [6.07, 6.45) is 7.79. The van der Waals surface area contributed by atoms with Crippen LogP contribution in [0.1, 0.15) is 45.4 Å². The fraction of sp³-hybridized carbons (Fsp3) is 0.600. The molecule has 1 fully saturated rings. The zero-order valence-corrected chi connectivity index (χ0v) is 16.1. The number of carbonyl (C=O) groups is 1. The largest absolute Gasteiger partial charge is 0.493 e. The Labute approximate surface area is 156 Å². The average molecular weight is 361 g/mol. The molecule has 1 aliphatic carbocycles. The number of carbonyl (C=O) groups excluding carboxylic acids is 1. The summed E-state index contributed by atoms with van der Waals surface area (Å²) in [6.45, 7) is 2.45. The van der Waals surface area contributed by atoms with E-state index in [-0.39, 0.29) is 5.96 Å².